The summed E-state index contributed by atoms with van der Waals surface area (Å²) in [5.41, 5.74) is 9.13. The van der Waals surface area contributed by atoms with Crippen molar-refractivity contribution in [3.8, 4) is 0 Å². The first kappa shape index (κ1) is 11.1. The van der Waals surface area contributed by atoms with Gasteiger partial charge in [0, 0.05) is 13.0 Å². The van der Waals surface area contributed by atoms with Crippen LogP contribution in [-0.2, 0) is 7.05 Å². The predicted octanol–water partition coefficient (Wildman–Crippen LogP) is 2.33. The molecule has 0 aliphatic heterocycles. The van der Waals surface area contributed by atoms with Crippen LogP contribution < -0.4 is 5.73 Å². The van der Waals surface area contributed by atoms with E-state index in [9.17, 15) is 0 Å². The van der Waals surface area contributed by atoms with Crippen LogP contribution in [0.5, 0.6) is 0 Å². The molecule has 1 unspecified atom stereocenters. The number of rotatable bonds is 3. The molecule has 0 spiro atoms. The van der Waals surface area contributed by atoms with Crippen molar-refractivity contribution in [3.63, 3.8) is 0 Å². The first-order valence-corrected chi connectivity index (χ1v) is 5.76. The highest BCUT2D eigenvalue weighted by Crippen LogP contribution is 2.23. The molecule has 3 nitrogen and oxygen atoms in total. The Labute approximate surface area is 96.3 Å². The van der Waals surface area contributed by atoms with E-state index in [1.807, 2.05) is 0 Å². The van der Waals surface area contributed by atoms with Gasteiger partial charge in [-0.3, -0.25) is 0 Å². The Balaban J connectivity index is 2.51. The molecule has 0 aliphatic carbocycles. The molecule has 0 saturated heterocycles. The van der Waals surface area contributed by atoms with Crippen LogP contribution in [0, 0.1) is 6.92 Å². The highest BCUT2D eigenvalue weighted by molar-refractivity contribution is 5.76. The van der Waals surface area contributed by atoms with Crippen molar-refractivity contribution >= 4 is 11.0 Å². The van der Waals surface area contributed by atoms with Gasteiger partial charge in [0.15, 0.2) is 0 Å². The van der Waals surface area contributed by atoms with E-state index in [1.165, 1.54) is 11.1 Å². The number of benzene rings is 1. The van der Waals surface area contributed by atoms with Gasteiger partial charge in [0.1, 0.15) is 5.82 Å². The lowest BCUT2D eigenvalue weighted by Crippen LogP contribution is -2.08. The summed E-state index contributed by atoms with van der Waals surface area (Å²) in [5, 5.41) is 0. The first-order valence-electron chi connectivity index (χ1n) is 5.76. The SMILES string of the molecule is Cc1ccc2c(c1)nc(C(C)CCN)n2C. The zero-order chi connectivity index (χ0) is 11.7. The quantitative estimate of drug-likeness (QED) is 0.857. The Morgan fingerprint density at radius 1 is 1.44 bits per heavy atom. The molecular formula is C13H19N3. The molecule has 16 heavy (non-hydrogen) atoms. The Kier molecular flexibility index (Phi) is 2.97. The number of hydrogen-bond donors (Lipinski definition) is 1. The van der Waals surface area contributed by atoms with Gasteiger partial charge in [-0.1, -0.05) is 13.0 Å². The third kappa shape index (κ3) is 1.83. The number of hydrogen-bond acceptors (Lipinski definition) is 2. The third-order valence-corrected chi connectivity index (χ3v) is 3.11. The van der Waals surface area contributed by atoms with Gasteiger partial charge in [-0.2, -0.15) is 0 Å². The molecule has 1 aromatic heterocycles. The van der Waals surface area contributed by atoms with Gasteiger partial charge in [0.05, 0.1) is 11.0 Å². The normalized spacial score (nSPS) is 13.2. The molecule has 1 aromatic carbocycles. The fourth-order valence-corrected chi connectivity index (χ4v) is 2.15. The van der Waals surface area contributed by atoms with Crippen molar-refractivity contribution in [3.05, 3.63) is 29.6 Å². The third-order valence-electron chi connectivity index (χ3n) is 3.11. The molecule has 0 aliphatic rings. The number of nitrogens with two attached hydrogens (primary N) is 1. The second kappa shape index (κ2) is 4.26. The van der Waals surface area contributed by atoms with Crippen LogP contribution in [0.3, 0.4) is 0 Å². The number of aryl methyl sites for hydroxylation is 2. The fourth-order valence-electron chi connectivity index (χ4n) is 2.15. The molecule has 0 radical (unpaired) electrons. The first-order chi connectivity index (χ1) is 7.63. The number of aromatic nitrogens is 2. The Hall–Kier alpha value is -1.35. The maximum atomic E-state index is 5.60. The second-order valence-electron chi connectivity index (χ2n) is 4.50. The molecule has 2 aromatic rings. The molecular weight excluding hydrogens is 198 g/mol. The van der Waals surface area contributed by atoms with Crippen molar-refractivity contribution in [1.29, 1.82) is 0 Å². The Bertz CT molecular complexity index is 499. The van der Waals surface area contributed by atoms with Crippen molar-refractivity contribution in [2.75, 3.05) is 6.54 Å². The maximum Gasteiger partial charge on any atom is 0.112 e. The zero-order valence-electron chi connectivity index (χ0n) is 10.2. The van der Waals surface area contributed by atoms with E-state index in [1.54, 1.807) is 0 Å². The maximum absolute atomic E-state index is 5.60. The summed E-state index contributed by atoms with van der Waals surface area (Å²) < 4.78 is 2.18. The van der Waals surface area contributed by atoms with Gasteiger partial charge < -0.3 is 10.3 Å². The van der Waals surface area contributed by atoms with Gasteiger partial charge in [-0.15, -0.1) is 0 Å². The minimum absolute atomic E-state index is 0.419. The molecule has 2 N–H and O–H groups in total. The summed E-state index contributed by atoms with van der Waals surface area (Å²) in [7, 11) is 2.08. The smallest absolute Gasteiger partial charge is 0.112 e. The van der Waals surface area contributed by atoms with E-state index in [0.29, 0.717) is 12.5 Å². The van der Waals surface area contributed by atoms with Crippen molar-refractivity contribution < 1.29 is 0 Å². The lowest BCUT2D eigenvalue weighted by atomic mass is 10.1. The van der Waals surface area contributed by atoms with Gasteiger partial charge in [-0.05, 0) is 37.6 Å². The van der Waals surface area contributed by atoms with E-state index >= 15 is 0 Å². The lowest BCUT2D eigenvalue weighted by molar-refractivity contribution is 0.624. The van der Waals surface area contributed by atoms with Crippen LogP contribution in [0.4, 0.5) is 0 Å². The molecule has 0 fully saturated rings. The van der Waals surface area contributed by atoms with Crippen LogP contribution >= 0.6 is 0 Å². The summed E-state index contributed by atoms with van der Waals surface area (Å²) >= 11 is 0. The number of nitrogens with zero attached hydrogens (tertiary/aromatic N) is 2. The van der Waals surface area contributed by atoms with Crippen LogP contribution in [0.1, 0.15) is 30.7 Å². The van der Waals surface area contributed by atoms with Crippen molar-refractivity contribution in [1.82, 2.24) is 9.55 Å². The van der Waals surface area contributed by atoms with Crippen LogP contribution in [0.2, 0.25) is 0 Å². The molecule has 3 heteroatoms. The van der Waals surface area contributed by atoms with E-state index in [0.717, 1.165) is 17.8 Å². The summed E-state index contributed by atoms with van der Waals surface area (Å²) in [6.07, 6.45) is 0.982. The second-order valence-corrected chi connectivity index (χ2v) is 4.50. The molecule has 2 rings (SSSR count). The highest BCUT2D eigenvalue weighted by Gasteiger charge is 2.13. The molecule has 1 atom stereocenters. The van der Waals surface area contributed by atoms with Crippen LogP contribution in [-0.4, -0.2) is 16.1 Å². The zero-order valence-corrected chi connectivity index (χ0v) is 10.2. The molecule has 0 bridgehead atoms. The van der Waals surface area contributed by atoms with E-state index < -0.39 is 0 Å². The number of imidazole rings is 1. The predicted molar refractivity (Wildman–Crippen MR) is 67.5 cm³/mol. The van der Waals surface area contributed by atoms with E-state index in [-0.39, 0.29) is 0 Å². The topological polar surface area (TPSA) is 43.8 Å². The average Bonchev–Trinajstić information content (AvgIpc) is 2.56. The van der Waals surface area contributed by atoms with E-state index in [4.69, 9.17) is 10.7 Å². The Morgan fingerprint density at radius 3 is 2.88 bits per heavy atom. The summed E-state index contributed by atoms with van der Waals surface area (Å²) in [5.74, 6) is 1.55. The van der Waals surface area contributed by atoms with E-state index in [2.05, 4.69) is 43.7 Å². The van der Waals surface area contributed by atoms with Crippen molar-refractivity contribution in [2.45, 2.75) is 26.2 Å². The Morgan fingerprint density at radius 2 is 2.19 bits per heavy atom. The van der Waals surface area contributed by atoms with Crippen LogP contribution in [0.15, 0.2) is 18.2 Å². The highest BCUT2D eigenvalue weighted by atomic mass is 15.1. The largest absolute Gasteiger partial charge is 0.331 e. The fraction of sp³-hybridized carbons (Fsp3) is 0.462. The molecule has 0 amide bonds. The van der Waals surface area contributed by atoms with Gasteiger partial charge >= 0.3 is 0 Å². The molecule has 0 saturated carbocycles. The molecule has 86 valence electrons. The van der Waals surface area contributed by atoms with Gasteiger partial charge in [-0.25, -0.2) is 4.98 Å². The van der Waals surface area contributed by atoms with Gasteiger partial charge in [0.25, 0.3) is 0 Å². The standard InChI is InChI=1S/C13H19N3/c1-9-4-5-12-11(8-9)15-13(16(12)3)10(2)6-7-14/h4-5,8,10H,6-7,14H2,1-3H3. The average molecular weight is 217 g/mol. The summed E-state index contributed by atoms with van der Waals surface area (Å²) in [6, 6.07) is 6.39. The van der Waals surface area contributed by atoms with Crippen LogP contribution in [0.25, 0.3) is 11.0 Å². The molecule has 1 heterocycles. The summed E-state index contributed by atoms with van der Waals surface area (Å²) in [6.45, 7) is 4.99. The van der Waals surface area contributed by atoms with Crippen molar-refractivity contribution in [2.24, 2.45) is 12.8 Å². The number of fused-ring (bicyclic) bond motifs is 1. The minimum atomic E-state index is 0.419. The van der Waals surface area contributed by atoms with Gasteiger partial charge in [0.2, 0.25) is 0 Å². The monoisotopic (exact) mass is 217 g/mol. The lowest BCUT2D eigenvalue weighted by Gasteiger charge is -2.09. The summed E-state index contributed by atoms with van der Waals surface area (Å²) in [4.78, 5) is 4.70. The minimum Gasteiger partial charge on any atom is -0.331 e.